The van der Waals surface area contributed by atoms with Crippen molar-refractivity contribution in [3.8, 4) is 0 Å². The van der Waals surface area contributed by atoms with Gasteiger partial charge in [-0.1, -0.05) is 30.3 Å². The summed E-state index contributed by atoms with van der Waals surface area (Å²) in [4.78, 5) is 17.9. The van der Waals surface area contributed by atoms with Gasteiger partial charge in [-0.3, -0.25) is 4.79 Å². The molecule has 0 saturated carbocycles. The van der Waals surface area contributed by atoms with Crippen molar-refractivity contribution in [3.05, 3.63) is 56.1 Å². The minimum absolute atomic E-state index is 0.119. The van der Waals surface area contributed by atoms with E-state index in [2.05, 4.69) is 15.3 Å². The van der Waals surface area contributed by atoms with Gasteiger partial charge in [-0.2, -0.15) is 0 Å². The highest BCUT2D eigenvalue weighted by atomic mass is 127. The molecule has 1 aromatic heterocycles. The highest BCUT2D eigenvalue weighted by Crippen LogP contribution is 2.10. The van der Waals surface area contributed by atoms with Gasteiger partial charge in [-0.15, -0.1) is 0 Å². The van der Waals surface area contributed by atoms with Gasteiger partial charge in [-0.05, 0) is 28.2 Å². The first kappa shape index (κ1) is 11.1. The van der Waals surface area contributed by atoms with Gasteiger partial charge in [0.15, 0.2) is 0 Å². The quantitative estimate of drug-likeness (QED) is 0.848. The van der Waals surface area contributed by atoms with E-state index in [1.807, 2.05) is 52.9 Å². The van der Waals surface area contributed by atoms with E-state index in [1.165, 1.54) is 6.33 Å². The molecule has 82 valence electrons. The van der Waals surface area contributed by atoms with Gasteiger partial charge in [0.25, 0.3) is 5.56 Å². The zero-order valence-corrected chi connectivity index (χ0v) is 10.6. The molecule has 0 spiro atoms. The summed E-state index contributed by atoms with van der Waals surface area (Å²) in [5.74, 6) is 0.619. The molecule has 0 aliphatic carbocycles. The Hall–Kier alpha value is -1.37. The third-order valence-electron chi connectivity index (χ3n) is 2.10. The molecular formula is C11H10IN3O. The van der Waals surface area contributed by atoms with Crippen LogP contribution in [0.5, 0.6) is 0 Å². The first-order chi connectivity index (χ1) is 7.77. The van der Waals surface area contributed by atoms with Crippen LogP contribution in [0.4, 0.5) is 5.82 Å². The average molecular weight is 327 g/mol. The monoisotopic (exact) mass is 327 g/mol. The van der Waals surface area contributed by atoms with Crippen LogP contribution in [-0.4, -0.2) is 9.97 Å². The number of nitrogens with one attached hydrogen (secondary N) is 2. The molecule has 1 aromatic carbocycles. The van der Waals surface area contributed by atoms with Crippen molar-refractivity contribution >= 4 is 28.4 Å². The first-order valence-electron chi connectivity index (χ1n) is 4.78. The third kappa shape index (κ3) is 2.60. The number of aromatic nitrogens is 2. The molecule has 0 amide bonds. The molecule has 2 rings (SSSR count). The number of hydrogen-bond acceptors (Lipinski definition) is 3. The highest BCUT2D eigenvalue weighted by molar-refractivity contribution is 14.1. The minimum atomic E-state index is -0.119. The van der Waals surface area contributed by atoms with E-state index in [4.69, 9.17) is 0 Å². The van der Waals surface area contributed by atoms with Crippen LogP contribution in [0.25, 0.3) is 0 Å². The summed E-state index contributed by atoms with van der Waals surface area (Å²) in [7, 11) is 0. The van der Waals surface area contributed by atoms with Gasteiger partial charge in [0, 0.05) is 6.54 Å². The van der Waals surface area contributed by atoms with Crippen molar-refractivity contribution in [2.75, 3.05) is 5.32 Å². The summed E-state index contributed by atoms with van der Waals surface area (Å²) in [5, 5.41) is 3.13. The van der Waals surface area contributed by atoms with Crippen LogP contribution in [0.1, 0.15) is 5.56 Å². The Balaban J connectivity index is 2.11. The number of benzene rings is 1. The Morgan fingerprint density at radius 2 is 2.06 bits per heavy atom. The summed E-state index contributed by atoms with van der Waals surface area (Å²) in [6, 6.07) is 9.97. The van der Waals surface area contributed by atoms with Crippen LogP contribution in [0.15, 0.2) is 41.5 Å². The summed E-state index contributed by atoms with van der Waals surface area (Å²) in [6.45, 7) is 0.660. The van der Waals surface area contributed by atoms with Crippen LogP contribution >= 0.6 is 22.6 Å². The summed E-state index contributed by atoms with van der Waals surface area (Å²) < 4.78 is 0.580. The Morgan fingerprint density at radius 3 is 2.81 bits per heavy atom. The highest BCUT2D eigenvalue weighted by Gasteiger charge is 2.03. The second-order valence-corrected chi connectivity index (χ2v) is 4.31. The van der Waals surface area contributed by atoms with Gasteiger partial charge in [0.1, 0.15) is 9.39 Å². The smallest absolute Gasteiger partial charge is 0.266 e. The maximum atomic E-state index is 11.3. The van der Waals surface area contributed by atoms with Crippen molar-refractivity contribution in [2.24, 2.45) is 0 Å². The summed E-state index contributed by atoms with van der Waals surface area (Å²) in [6.07, 6.45) is 1.40. The lowest BCUT2D eigenvalue weighted by molar-refractivity contribution is 1.05. The largest absolute Gasteiger partial charge is 0.365 e. The molecule has 0 saturated heterocycles. The number of aromatic amines is 1. The normalized spacial score (nSPS) is 10.1. The molecule has 0 bridgehead atoms. The topological polar surface area (TPSA) is 57.8 Å². The van der Waals surface area contributed by atoms with Crippen LogP contribution in [0.3, 0.4) is 0 Å². The van der Waals surface area contributed by atoms with Gasteiger partial charge in [0.05, 0.1) is 6.33 Å². The fourth-order valence-electron chi connectivity index (χ4n) is 1.29. The second kappa shape index (κ2) is 5.11. The number of H-pyrrole nitrogens is 1. The lowest BCUT2D eigenvalue weighted by atomic mass is 10.2. The molecule has 16 heavy (non-hydrogen) atoms. The SMILES string of the molecule is O=c1[nH]cnc(NCc2ccccc2)c1I. The second-order valence-electron chi connectivity index (χ2n) is 3.23. The zero-order valence-electron chi connectivity index (χ0n) is 8.40. The molecule has 0 fully saturated rings. The van der Waals surface area contributed by atoms with Crippen LogP contribution in [0.2, 0.25) is 0 Å². The summed E-state index contributed by atoms with van der Waals surface area (Å²) >= 11 is 1.98. The molecule has 1 heterocycles. The molecule has 0 radical (unpaired) electrons. The van der Waals surface area contributed by atoms with Crippen LogP contribution in [-0.2, 0) is 6.54 Å². The lowest BCUT2D eigenvalue weighted by Gasteiger charge is -2.06. The van der Waals surface area contributed by atoms with Crippen LogP contribution in [0, 0.1) is 3.57 Å². The lowest BCUT2D eigenvalue weighted by Crippen LogP contribution is -2.14. The Morgan fingerprint density at radius 1 is 1.31 bits per heavy atom. The molecule has 2 aromatic rings. The number of anilines is 1. The summed E-state index contributed by atoms with van der Waals surface area (Å²) in [5.41, 5.74) is 1.03. The van der Waals surface area contributed by atoms with E-state index < -0.39 is 0 Å². The number of hydrogen-bond donors (Lipinski definition) is 2. The number of rotatable bonds is 3. The molecule has 0 unspecified atom stereocenters. The maximum absolute atomic E-state index is 11.3. The Bertz CT molecular complexity index is 524. The average Bonchev–Trinajstić information content (AvgIpc) is 2.32. The minimum Gasteiger partial charge on any atom is -0.365 e. The van der Waals surface area contributed by atoms with Crippen molar-refractivity contribution < 1.29 is 0 Å². The van der Waals surface area contributed by atoms with E-state index in [9.17, 15) is 4.79 Å². The van der Waals surface area contributed by atoms with Crippen molar-refractivity contribution in [3.63, 3.8) is 0 Å². The molecule has 0 aliphatic rings. The fraction of sp³-hybridized carbons (Fsp3) is 0.0909. The van der Waals surface area contributed by atoms with Gasteiger partial charge >= 0.3 is 0 Å². The van der Waals surface area contributed by atoms with Gasteiger partial charge in [0.2, 0.25) is 0 Å². The molecule has 0 aliphatic heterocycles. The predicted molar refractivity (Wildman–Crippen MR) is 71.3 cm³/mol. The molecular weight excluding hydrogens is 317 g/mol. The molecule has 5 heteroatoms. The van der Waals surface area contributed by atoms with Crippen molar-refractivity contribution in [1.82, 2.24) is 9.97 Å². The fourth-order valence-corrected chi connectivity index (χ4v) is 1.77. The van der Waals surface area contributed by atoms with E-state index in [0.29, 0.717) is 15.9 Å². The van der Waals surface area contributed by atoms with Crippen molar-refractivity contribution in [2.45, 2.75) is 6.54 Å². The Kier molecular flexibility index (Phi) is 3.55. The first-order valence-corrected chi connectivity index (χ1v) is 5.86. The van der Waals surface area contributed by atoms with E-state index in [1.54, 1.807) is 0 Å². The van der Waals surface area contributed by atoms with E-state index >= 15 is 0 Å². The maximum Gasteiger partial charge on any atom is 0.266 e. The molecule has 2 N–H and O–H groups in total. The van der Waals surface area contributed by atoms with E-state index in [-0.39, 0.29) is 5.56 Å². The van der Waals surface area contributed by atoms with Crippen molar-refractivity contribution in [1.29, 1.82) is 0 Å². The standard InChI is InChI=1S/C11H10IN3O/c12-9-10(14-7-15-11(9)16)13-6-8-4-2-1-3-5-8/h1-5,7H,6H2,(H2,13,14,15,16). The van der Waals surface area contributed by atoms with E-state index in [0.717, 1.165) is 5.56 Å². The van der Waals surface area contributed by atoms with Crippen LogP contribution < -0.4 is 10.9 Å². The van der Waals surface area contributed by atoms with Gasteiger partial charge < -0.3 is 10.3 Å². The predicted octanol–water partition coefficient (Wildman–Crippen LogP) is 1.99. The number of halogens is 1. The Labute approximate surface area is 106 Å². The zero-order chi connectivity index (χ0) is 11.4. The number of nitrogens with zero attached hydrogens (tertiary/aromatic N) is 1. The third-order valence-corrected chi connectivity index (χ3v) is 3.10. The molecule has 0 atom stereocenters. The molecule has 4 nitrogen and oxygen atoms in total. The van der Waals surface area contributed by atoms with Gasteiger partial charge in [-0.25, -0.2) is 4.98 Å².